The lowest BCUT2D eigenvalue weighted by atomic mass is 9.55. The van der Waals surface area contributed by atoms with Gasteiger partial charge in [-0.2, -0.15) is 0 Å². The van der Waals surface area contributed by atoms with Crippen molar-refractivity contribution in [1.29, 1.82) is 0 Å². The molecule has 4 unspecified atom stereocenters. The highest BCUT2D eigenvalue weighted by Crippen LogP contribution is 2.51. The molecular weight excluding hydrogens is 290 g/mol. The van der Waals surface area contributed by atoms with Gasteiger partial charge in [-0.3, -0.25) is 4.99 Å². The molecule has 3 aliphatic rings. The van der Waals surface area contributed by atoms with Crippen LogP contribution in [0.15, 0.2) is 4.99 Å². The number of nitrogens with one attached hydrogen (secondary N) is 1. The van der Waals surface area contributed by atoms with Crippen LogP contribution in [0.3, 0.4) is 0 Å². The van der Waals surface area contributed by atoms with Gasteiger partial charge in [-0.15, -0.1) is 0 Å². The minimum absolute atomic E-state index is 0.186. The maximum absolute atomic E-state index is 6.01. The number of nitrogens with zero attached hydrogens (tertiary/aromatic N) is 2. The Kier molecular flexibility index (Phi) is 5.16. The Bertz CT molecular complexity index is 438. The van der Waals surface area contributed by atoms with Gasteiger partial charge in [0.1, 0.15) is 0 Å². The molecule has 0 spiro atoms. The lowest BCUT2D eigenvalue weighted by Gasteiger charge is -2.60. The van der Waals surface area contributed by atoms with Crippen LogP contribution >= 0.6 is 0 Å². The maximum Gasteiger partial charge on any atom is 0.193 e. The molecule has 5 heteroatoms. The fourth-order valence-corrected chi connectivity index (χ4v) is 4.70. The lowest BCUT2D eigenvalue weighted by molar-refractivity contribution is -0.188. The molecule has 4 atom stereocenters. The van der Waals surface area contributed by atoms with Crippen molar-refractivity contribution in [2.45, 2.75) is 52.2 Å². The van der Waals surface area contributed by atoms with Crippen LogP contribution in [0.25, 0.3) is 0 Å². The molecule has 0 amide bonds. The van der Waals surface area contributed by atoms with E-state index in [4.69, 9.17) is 9.47 Å². The summed E-state index contributed by atoms with van der Waals surface area (Å²) in [4.78, 5) is 6.96. The second-order valence-corrected chi connectivity index (χ2v) is 7.85. The van der Waals surface area contributed by atoms with Crippen molar-refractivity contribution < 1.29 is 9.47 Å². The Labute approximate surface area is 140 Å². The molecule has 0 bridgehead atoms. The molecule has 1 saturated carbocycles. The van der Waals surface area contributed by atoms with Crippen LogP contribution in [0.5, 0.6) is 0 Å². The molecule has 2 aliphatic heterocycles. The van der Waals surface area contributed by atoms with E-state index < -0.39 is 0 Å². The first-order chi connectivity index (χ1) is 11.1. The predicted molar refractivity (Wildman–Crippen MR) is 92.7 cm³/mol. The van der Waals surface area contributed by atoms with Gasteiger partial charge in [-0.1, -0.05) is 13.8 Å². The minimum Gasteiger partial charge on any atom is -0.381 e. The monoisotopic (exact) mass is 323 g/mol. The van der Waals surface area contributed by atoms with Crippen LogP contribution in [-0.4, -0.2) is 63.0 Å². The van der Waals surface area contributed by atoms with E-state index in [0.29, 0.717) is 24.0 Å². The van der Waals surface area contributed by atoms with Crippen molar-refractivity contribution in [3.05, 3.63) is 0 Å². The number of fused-ring (bicyclic) bond motifs is 1. The summed E-state index contributed by atoms with van der Waals surface area (Å²) < 4.78 is 11.6. The third-order valence-electron chi connectivity index (χ3n) is 5.97. The van der Waals surface area contributed by atoms with Gasteiger partial charge < -0.3 is 19.7 Å². The van der Waals surface area contributed by atoms with E-state index in [9.17, 15) is 0 Å². The Hall–Kier alpha value is -0.810. The average Bonchev–Trinajstić information content (AvgIpc) is 3.02. The zero-order valence-corrected chi connectivity index (χ0v) is 15.2. The molecule has 23 heavy (non-hydrogen) atoms. The molecule has 2 saturated heterocycles. The van der Waals surface area contributed by atoms with Crippen LogP contribution < -0.4 is 5.32 Å². The summed E-state index contributed by atoms with van der Waals surface area (Å²) in [5, 5.41) is 3.77. The van der Waals surface area contributed by atoms with Crippen molar-refractivity contribution in [3.63, 3.8) is 0 Å². The van der Waals surface area contributed by atoms with Crippen LogP contribution in [-0.2, 0) is 9.47 Å². The number of ether oxygens (including phenoxy) is 2. The Morgan fingerprint density at radius 1 is 1.39 bits per heavy atom. The molecule has 0 aromatic carbocycles. The van der Waals surface area contributed by atoms with Gasteiger partial charge in [-0.25, -0.2) is 0 Å². The van der Waals surface area contributed by atoms with Crippen LogP contribution in [0.2, 0.25) is 0 Å². The molecule has 1 N–H and O–H groups in total. The number of aliphatic imine (C=N–C) groups is 1. The standard InChI is InChI=1S/C18H33N3O2/c1-5-22-12-13-8-9-21(11-13)17(19-4)20-15-14-7-6-10-23-16(14)18(15,2)3/h13-16H,5-12H2,1-4H3,(H,19,20). The topological polar surface area (TPSA) is 46.1 Å². The molecule has 0 aromatic rings. The van der Waals surface area contributed by atoms with Crippen molar-refractivity contribution in [1.82, 2.24) is 10.2 Å². The number of hydrogen-bond acceptors (Lipinski definition) is 3. The fourth-order valence-electron chi connectivity index (χ4n) is 4.70. The summed E-state index contributed by atoms with van der Waals surface area (Å²) >= 11 is 0. The van der Waals surface area contributed by atoms with Crippen molar-refractivity contribution in [2.75, 3.05) is 40.0 Å². The molecule has 3 fully saturated rings. The first-order valence-electron chi connectivity index (χ1n) is 9.25. The number of likely N-dealkylation sites (tertiary alicyclic amines) is 1. The average molecular weight is 323 g/mol. The van der Waals surface area contributed by atoms with Crippen LogP contribution in [0, 0.1) is 17.3 Å². The van der Waals surface area contributed by atoms with Gasteiger partial charge in [0.2, 0.25) is 0 Å². The Morgan fingerprint density at radius 2 is 2.22 bits per heavy atom. The summed E-state index contributed by atoms with van der Waals surface area (Å²) in [6, 6.07) is 0.470. The van der Waals surface area contributed by atoms with E-state index in [2.05, 4.69) is 36.0 Å². The molecule has 2 heterocycles. The smallest absolute Gasteiger partial charge is 0.193 e. The molecule has 0 aromatic heterocycles. The summed E-state index contributed by atoms with van der Waals surface area (Å²) in [5.41, 5.74) is 0.186. The molecule has 5 nitrogen and oxygen atoms in total. The first kappa shape index (κ1) is 17.0. The fraction of sp³-hybridized carbons (Fsp3) is 0.944. The second-order valence-electron chi connectivity index (χ2n) is 7.85. The van der Waals surface area contributed by atoms with Gasteiger partial charge in [-0.05, 0) is 26.2 Å². The van der Waals surface area contributed by atoms with E-state index in [1.807, 2.05) is 7.05 Å². The van der Waals surface area contributed by atoms with E-state index in [-0.39, 0.29) is 5.41 Å². The van der Waals surface area contributed by atoms with Crippen molar-refractivity contribution in [3.8, 4) is 0 Å². The third-order valence-corrected chi connectivity index (χ3v) is 5.97. The van der Waals surface area contributed by atoms with E-state index >= 15 is 0 Å². The maximum atomic E-state index is 6.01. The summed E-state index contributed by atoms with van der Waals surface area (Å²) in [7, 11) is 1.90. The summed E-state index contributed by atoms with van der Waals surface area (Å²) in [6.45, 7) is 11.5. The summed E-state index contributed by atoms with van der Waals surface area (Å²) in [5.74, 6) is 2.33. The van der Waals surface area contributed by atoms with Gasteiger partial charge in [0, 0.05) is 56.6 Å². The molecule has 132 valence electrons. The SMILES string of the molecule is CCOCC1CCN(C(=NC)NC2C3CCCOC3C2(C)C)C1. The second kappa shape index (κ2) is 6.98. The zero-order chi connectivity index (χ0) is 16.4. The highest BCUT2D eigenvalue weighted by atomic mass is 16.5. The van der Waals surface area contributed by atoms with Gasteiger partial charge in [0.25, 0.3) is 0 Å². The Balaban J connectivity index is 1.58. The molecule has 1 aliphatic carbocycles. The van der Waals surface area contributed by atoms with Gasteiger partial charge in [0.05, 0.1) is 12.7 Å². The Morgan fingerprint density at radius 3 is 2.96 bits per heavy atom. The number of hydrogen-bond donors (Lipinski definition) is 1. The van der Waals surface area contributed by atoms with Crippen LogP contribution in [0.1, 0.15) is 40.0 Å². The molecular formula is C18H33N3O2. The van der Waals surface area contributed by atoms with Crippen molar-refractivity contribution >= 4 is 5.96 Å². The zero-order valence-electron chi connectivity index (χ0n) is 15.2. The largest absolute Gasteiger partial charge is 0.381 e. The van der Waals surface area contributed by atoms with E-state index in [0.717, 1.165) is 38.9 Å². The summed E-state index contributed by atoms with van der Waals surface area (Å²) in [6.07, 6.45) is 4.07. The highest BCUT2D eigenvalue weighted by molar-refractivity contribution is 5.80. The first-order valence-corrected chi connectivity index (χ1v) is 9.25. The quantitative estimate of drug-likeness (QED) is 0.636. The van der Waals surface area contributed by atoms with E-state index in [1.165, 1.54) is 19.3 Å². The lowest BCUT2D eigenvalue weighted by Crippen LogP contribution is -2.71. The predicted octanol–water partition coefficient (Wildman–Crippen LogP) is 2.12. The van der Waals surface area contributed by atoms with Gasteiger partial charge >= 0.3 is 0 Å². The highest BCUT2D eigenvalue weighted by Gasteiger charge is 2.58. The minimum atomic E-state index is 0.186. The number of rotatable bonds is 4. The van der Waals surface area contributed by atoms with Crippen molar-refractivity contribution in [2.24, 2.45) is 22.2 Å². The molecule has 3 rings (SSSR count). The molecule has 0 radical (unpaired) electrons. The normalized spacial score (nSPS) is 36.5. The third kappa shape index (κ3) is 3.22. The van der Waals surface area contributed by atoms with Crippen LogP contribution in [0.4, 0.5) is 0 Å². The van der Waals surface area contributed by atoms with E-state index in [1.54, 1.807) is 0 Å². The van der Waals surface area contributed by atoms with Gasteiger partial charge in [0.15, 0.2) is 5.96 Å². The number of guanidine groups is 1.